The van der Waals surface area contributed by atoms with Crippen molar-refractivity contribution in [1.29, 1.82) is 5.26 Å². The van der Waals surface area contributed by atoms with Crippen LogP contribution in [0.3, 0.4) is 0 Å². The summed E-state index contributed by atoms with van der Waals surface area (Å²) in [6.45, 7) is 5.65. The van der Waals surface area contributed by atoms with Crippen molar-refractivity contribution in [1.82, 2.24) is 19.6 Å². The van der Waals surface area contributed by atoms with E-state index in [-0.39, 0.29) is 22.9 Å². The second-order valence-corrected chi connectivity index (χ2v) is 12.1. The maximum atomic E-state index is 12.0. The van der Waals surface area contributed by atoms with Crippen LogP contribution in [0.25, 0.3) is 11.4 Å². The first-order valence-corrected chi connectivity index (χ1v) is 13.9. The van der Waals surface area contributed by atoms with Crippen LogP contribution >= 0.6 is 0 Å². The molecule has 0 aliphatic heterocycles. The van der Waals surface area contributed by atoms with E-state index in [0.29, 0.717) is 11.4 Å². The average molecular weight is 571 g/mol. The predicted molar refractivity (Wildman–Crippen MR) is 139 cm³/mol. The van der Waals surface area contributed by atoms with Crippen molar-refractivity contribution in [2.45, 2.75) is 36.0 Å². The Kier molecular flexibility index (Phi) is 6.87. The average Bonchev–Trinajstić information content (AvgIpc) is 3.42. The standard InChI is InChI=1S/C23H22N8O6S2/c1-23(2,3)20-19(21(25)30(29-20)15-7-5-4-6-8-15)27-28-22-14(12-24)13-26-31(22)17-11-16(38(32,33)34)9-10-18(17)39(35,36)37/h4-11,13H,25H2,1-3H3,(H,32,33,34)(H,35,36,37)/b28-27+. The number of benzene rings is 2. The number of nitriles is 1. The molecule has 4 aromatic rings. The van der Waals surface area contributed by atoms with Gasteiger partial charge >= 0.3 is 0 Å². The van der Waals surface area contributed by atoms with Gasteiger partial charge in [0.25, 0.3) is 20.2 Å². The molecule has 0 spiro atoms. The second kappa shape index (κ2) is 9.71. The molecular formula is C23H22N8O6S2. The van der Waals surface area contributed by atoms with E-state index in [2.05, 4.69) is 20.4 Å². The van der Waals surface area contributed by atoms with Crippen LogP contribution in [0.5, 0.6) is 0 Å². The first kappa shape index (κ1) is 27.6. The highest BCUT2D eigenvalue weighted by molar-refractivity contribution is 7.86. The number of anilines is 1. The first-order valence-electron chi connectivity index (χ1n) is 11.1. The van der Waals surface area contributed by atoms with Gasteiger partial charge in [0.15, 0.2) is 17.3 Å². The van der Waals surface area contributed by atoms with Gasteiger partial charge in [-0.05, 0) is 30.3 Å². The lowest BCUT2D eigenvalue weighted by molar-refractivity contribution is 0.477. The summed E-state index contributed by atoms with van der Waals surface area (Å²) >= 11 is 0. The third kappa shape index (κ3) is 5.42. The Balaban J connectivity index is 1.96. The van der Waals surface area contributed by atoms with Crippen molar-refractivity contribution in [3.63, 3.8) is 0 Å². The molecule has 0 atom stereocenters. The minimum atomic E-state index is -4.91. The van der Waals surface area contributed by atoms with Crippen molar-refractivity contribution >= 4 is 37.6 Å². The van der Waals surface area contributed by atoms with Gasteiger partial charge < -0.3 is 5.73 Å². The van der Waals surface area contributed by atoms with Crippen molar-refractivity contribution in [2.24, 2.45) is 10.2 Å². The van der Waals surface area contributed by atoms with Gasteiger partial charge in [-0.2, -0.15) is 32.3 Å². The molecule has 202 valence electrons. The molecule has 39 heavy (non-hydrogen) atoms. The highest BCUT2D eigenvalue weighted by atomic mass is 32.2. The second-order valence-electron chi connectivity index (χ2n) is 9.26. The number of nitrogen functional groups attached to an aromatic ring is 1. The molecule has 0 saturated heterocycles. The van der Waals surface area contributed by atoms with E-state index in [1.54, 1.807) is 24.3 Å². The van der Waals surface area contributed by atoms with Gasteiger partial charge in [-0.15, -0.1) is 10.2 Å². The number of nitrogens with zero attached hydrogens (tertiary/aromatic N) is 7. The Morgan fingerprint density at radius 1 is 0.974 bits per heavy atom. The quantitative estimate of drug-likeness (QED) is 0.225. The van der Waals surface area contributed by atoms with E-state index in [1.165, 1.54) is 4.68 Å². The molecule has 0 aliphatic carbocycles. The molecule has 2 aromatic carbocycles. The molecule has 14 nitrogen and oxygen atoms in total. The molecule has 0 radical (unpaired) electrons. The van der Waals surface area contributed by atoms with Crippen LogP contribution in [0.1, 0.15) is 32.0 Å². The van der Waals surface area contributed by atoms with E-state index in [0.717, 1.165) is 29.1 Å². The highest BCUT2D eigenvalue weighted by Crippen LogP contribution is 2.38. The molecule has 2 heterocycles. The largest absolute Gasteiger partial charge is 0.382 e. The summed E-state index contributed by atoms with van der Waals surface area (Å²) in [4.78, 5) is -1.45. The zero-order valence-corrected chi connectivity index (χ0v) is 22.4. The normalized spacial score (nSPS) is 12.6. The van der Waals surface area contributed by atoms with E-state index >= 15 is 0 Å². The number of rotatable bonds is 6. The van der Waals surface area contributed by atoms with Gasteiger partial charge in [0, 0.05) is 5.41 Å². The maximum Gasteiger partial charge on any atom is 0.296 e. The fraction of sp³-hybridized carbons (Fsp3) is 0.174. The van der Waals surface area contributed by atoms with E-state index in [9.17, 15) is 31.2 Å². The fourth-order valence-corrected chi connectivity index (χ4v) is 4.77. The van der Waals surface area contributed by atoms with Crippen LogP contribution in [-0.4, -0.2) is 45.5 Å². The molecule has 16 heteroatoms. The van der Waals surface area contributed by atoms with Gasteiger partial charge in [-0.3, -0.25) is 9.11 Å². The Bertz CT molecular complexity index is 1860. The van der Waals surface area contributed by atoms with Gasteiger partial charge in [-0.25, -0.2) is 9.36 Å². The van der Waals surface area contributed by atoms with Gasteiger partial charge in [0.1, 0.15) is 16.5 Å². The third-order valence-electron chi connectivity index (χ3n) is 5.45. The predicted octanol–water partition coefficient (Wildman–Crippen LogP) is 3.72. The monoisotopic (exact) mass is 570 g/mol. The summed E-state index contributed by atoms with van der Waals surface area (Å²) in [6.07, 6.45) is 1.05. The van der Waals surface area contributed by atoms with Crippen LogP contribution in [-0.2, 0) is 25.7 Å². The summed E-state index contributed by atoms with van der Waals surface area (Å²) in [6, 6.07) is 13.2. The van der Waals surface area contributed by atoms with Gasteiger partial charge in [-0.1, -0.05) is 39.0 Å². The van der Waals surface area contributed by atoms with Gasteiger partial charge in [0.05, 0.1) is 28.2 Å². The lowest BCUT2D eigenvalue weighted by atomic mass is 9.91. The topological polar surface area (TPSA) is 219 Å². The third-order valence-corrected chi connectivity index (χ3v) is 7.20. The van der Waals surface area contributed by atoms with Crippen molar-refractivity contribution in [3.8, 4) is 17.4 Å². The maximum absolute atomic E-state index is 12.0. The highest BCUT2D eigenvalue weighted by Gasteiger charge is 2.28. The molecule has 4 rings (SSSR count). The molecule has 0 saturated carbocycles. The van der Waals surface area contributed by atoms with Crippen molar-refractivity contribution in [2.75, 3.05) is 5.73 Å². The van der Waals surface area contributed by atoms with E-state index < -0.39 is 41.1 Å². The molecule has 0 fully saturated rings. The summed E-state index contributed by atoms with van der Waals surface area (Å²) in [7, 11) is -9.69. The zero-order chi connectivity index (χ0) is 28.8. The van der Waals surface area contributed by atoms with Crippen LogP contribution in [0.15, 0.2) is 74.7 Å². The number of nitrogens with two attached hydrogens (primary N) is 1. The van der Waals surface area contributed by atoms with E-state index in [4.69, 9.17) is 5.73 Å². The fourth-order valence-electron chi connectivity index (χ4n) is 3.62. The van der Waals surface area contributed by atoms with Crippen molar-refractivity contribution < 1.29 is 25.9 Å². The molecule has 0 aliphatic rings. The first-order chi connectivity index (χ1) is 18.1. The summed E-state index contributed by atoms with van der Waals surface area (Å²) in [5.41, 5.74) is 6.46. The van der Waals surface area contributed by atoms with Crippen LogP contribution in [0.4, 0.5) is 17.3 Å². The van der Waals surface area contributed by atoms with Crippen LogP contribution in [0, 0.1) is 11.3 Å². The minimum absolute atomic E-state index is 0.131. The molecule has 0 amide bonds. The molecule has 0 bridgehead atoms. The number of aromatic nitrogens is 4. The van der Waals surface area contributed by atoms with Gasteiger partial charge in [0.2, 0.25) is 0 Å². The Morgan fingerprint density at radius 3 is 2.21 bits per heavy atom. The minimum Gasteiger partial charge on any atom is -0.382 e. The smallest absolute Gasteiger partial charge is 0.296 e. The van der Waals surface area contributed by atoms with Crippen molar-refractivity contribution in [3.05, 3.63) is 66.0 Å². The number of hydrogen-bond acceptors (Lipinski definition) is 10. The lowest BCUT2D eigenvalue weighted by Crippen LogP contribution is -2.13. The SMILES string of the molecule is CC(C)(C)c1nn(-c2ccccc2)c(N)c1/N=N/c1c(C#N)cnn1-c1cc(S(=O)(=O)O)ccc1S(=O)(=O)O. The Labute approximate surface area is 223 Å². The lowest BCUT2D eigenvalue weighted by Gasteiger charge is -2.15. The van der Waals surface area contributed by atoms with Crippen LogP contribution in [0.2, 0.25) is 0 Å². The van der Waals surface area contributed by atoms with Crippen LogP contribution < -0.4 is 5.73 Å². The summed E-state index contributed by atoms with van der Waals surface area (Å²) in [5, 5.41) is 26.5. The molecule has 4 N–H and O–H groups in total. The van der Waals surface area contributed by atoms with E-state index in [1.807, 2.05) is 32.9 Å². The molecule has 2 aromatic heterocycles. The molecule has 0 unspecified atom stereocenters. The number of para-hydroxylation sites is 1. The summed E-state index contributed by atoms with van der Waals surface area (Å²) in [5.74, 6) is -0.173. The Morgan fingerprint density at radius 2 is 1.64 bits per heavy atom. The number of azo groups is 1. The zero-order valence-electron chi connectivity index (χ0n) is 20.7. The molecular weight excluding hydrogens is 548 g/mol. The summed E-state index contributed by atoms with van der Waals surface area (Å²) < 4.78 is 69.0. The number of hydrogen-bond donors (Lipinski definition) is 3. The Hall–Kier alpha value is -4.43.